The molecule has 0 aromatic heterocycles. The number of nitrogens with zero attached hydrogens (tertiary/aromatic N) is 1. The van der Waals surface area contributed by atoms with Crippen molar-refractivity contribution in [2.24, 2.45) is 0 Å². The number of phenols is 1. The lowest BCUT2D eigenvalue weighted by Crippen LogP contribution is -2.45. The van der Waals surface area contributed by atoms with Crippen molar-refractivity contribution >= 4 is 5.91 Å². The molecule has 1 fully saturated rings. The molecule has 0 heterocycles. The Morgan fingerprint density at radius 1 is 1.24 bits per heavy atom. The van der Waals surface area contributed by atoms with Crippen LogP contribution in [0.2, 0.25) is 0 Å². The number of rotatable bonds is 6. The van der Waals surface area contributed by atoms with E-state index in [0.29, 0.717) is 5.56 Å². The first-order valence-electron chi connectivity index (χ1n) is 7.76. The SMILES string of the molecule is CCN(CC)CC1(NC(=O)c2cc(C)c(O)c(C)c2)CC1. The molecule has 1 amide bonds. The molecule has 0 bridgehead atoms. The number of nitrogens with one attached hydrogen (secondary N) is 1. The number of carbonyl (C=O) groups excluding carboxylic acids is 1. The summed E-state index contributed by atoms with van der Waals surface area (Å²) in [5, 5.41) is 13.0. The van der Waals surface area contributed by atoms with E-state index in [1.807, 2.05) is 13.8 Å². The first-order valence-corrected chi connectivity index (χ1v) is 7.76. The third kappa shape index (κ3) is 3.56. The van der Waals surface area contributed by atoms with Crippen molar-refractivity contribution in [2.75, 3.05) is 19.6 Å². The van der Waals surface area contributed by atoms with Gasteiger partial charge in [-0.3, -0.25) is 4.79 Å². The van der Waals surface area contributed by atoms with Gasteiger partial charge in [-0.25, -0.2) is 0 Å². The smallest absolute Gasteiger partial charge is 0.251 e. The predicted octanol–water partition coefficient (Wildman–Crippen LogP) is 2.61. The average Bonchev–Trinajstić information content (AvgIpc) is 3.21. The van der Waals surface area contributed by atoms with Gasteiger partial charge in [0.25, 0.3) is 5.91 Å². The molecular weight excluding hydrogens is 264 g/mol. The lowest BCUT2D eigenvalue weighted by Gasteiger charge is -2.26. The topological polar surface area (TPSA) is 52.6 Å². The van der Waals surface area contributed by atoms with Gasteiger partial charge in [0, 0.05) is 12.1 Å². The van der Waals surface area contributed by atoms with Crippen LogP contribution in [-0.4, -0.2) is 41.1 Å². The summed E-state index contributed by atoms with van der Waals surface area (Å²) in [4.78, 5) is 14.8. The van der Waals surface area contributed by atoms with Crippen LogP contribution in [0, 0.1) is 13.8 Å². The van der Waals surface area contributed by atoms with Crippen LogP contribution in [0.15, 0.2) is 12.1 Å². The highest BCUT2D eigenvalue weighted by Crippen LogP contribution is 2.36. The molecule has 4 nitrogen and oxygen atoms in total. The monoisotopic (exact) mass is 290 g/mol. The van der Waals surface area contributed by atoms with E-state index in [-0.39, 0.29) is 17.2 Å². The van der Waals surface area contributed by atoms with E-state index < -0.39 is 0 Å². The molecule has 1 aromatic carbocycles. The number of phenolic OH excluding ortho intramolecular Hbond substituents is 1. The number of aryl methyl sites for hydroxylation is 2. The fourth-order valence-electron chi connectivity index (χ4n) is 2.75. The molecule has 2 rings (SSSR count). The number of hydrogen-bond donors (Lipinski definition) is 2. The van der Waals surface area contributed by atoms with Crippen molar-refractivity contribution in [3.05, 3.63) is 28.8 Å². The minimum atomic E-state index is -0.0528. The maximum atomic E-state index is 12.5. The number of benzene rings is 1. The van der Waals surface area contributed by atoms with Gasteiger partial charge >= 0.3 is 0 Å². The molecule has 1 aromatic rings. The van der Waals surface area contributed by atoms with E-state index in [1.165, 1.54) is 0 Å². The predicted molar refractivity (Wildman–Crippen MR) is 84.8 cm³/mol. The van der Waals surface area contributed by atoms with Gasteiger partial charge in [0.15, 0.2) is 0 Å². The number of hydrogen-bond acceptors (Lipinski definition) is 3. The number of likely N-dealkylation sites (N-methyl/N-ethyl adjacent to an activating group) is 1. The van der Waals surface area contributed by atoms with Crippen molar-refractivity contribution < 1.29 is 9.90 Å². The molecule has 1 aliphatic carbocycles. The highest BCUT2D eigenvalue weighted by atomic mass is 16.3. The van der Waals surface area contributed by atoms with Crippen molar-refractivity contribution in [2.45, 2.75) is 46.1 Å². The van der Waals surface area contributed by atoms with Crippen LogP contribution < -0.4 is 5.32 Å². The Hall–Kier alpha value is -1.55. The van der Waals surface area contributed by atoms with Crippen LogP contribution in [0.1, 0.15) is 48.2 Å². The van der Waals surface area contributed by atoms with Gasteiger partial charge in [0.05, 0.1) is 5.54 Å². The molecule has 21 heavy (non-hydrogen) atoms. The minimum Gasteiger partial charge on any atom is -0.507 e. The third-order valence-electron chi connectivity index (χ3n) is 4.41. The third-order valence-corrected chi connectivity index (χ3v) is 4.41. The molecule has 116 valence electrons. The number of amides is 1. The summed E-state index contributed by atoms with van der Waals surface area (Å²) >= 11 is 0. The van der Waals surface area contributed by atoms with Gasteiger partial charge in [-0.05, 0) is 63.0 Å². The average molecular weight is 290 g/mol. The second-order valence-corrected chi connectivity index (χ2v) is 6.15. The lowest BCUT2D eigenvalue weighted by molar-refractivity contribution is 0.0918. The van der Waals surface area contributed by atoms with Crippen LogP contribution in [0.3, 0.4) is 0 Å². The second kappa shape index (κ2) is 6.06. The maximum Gasteiger partial charge on any atom is 0.251 e. The first-order chi connectivity index (χ1) is 9.90. The summed E-state index contributed by atoms with van der Waals surface area (Å²) in [5.74, 6) is 0.238. The van der Waals surface area contributed by atoms with Crippen LogP contribution in [0.4, 0.5) is 0 Å². The highest BCUT2D eigenvalue weighted by molar-refractivity contribution is 5.95. The highest BCUT2D eigenvalue weighted by Gasteiger charge is 2.44. The Morgan fingerprint density at radius 3 is 2.19 bits per heavy atom. The summed E-state index contributed by atoms with van der Waals surface area (Å²) < 4.78 is 0. The Balaban J connectivity index is 2.08. The van der Waals surface area contributed by atoms with Crippen LogP contribution in [-0.2, 0) is 0 Å². The van der Waals surface area contributed by atoms with E-state index >= 15 is 0 Å². The van der Waals surface area contributed by atoms with E-state index in [0.717, 1.165) is 43.6 Å². The lowest BCUT2D eigenvalue weighted by atomic mass is 10.0. The summed E-state index contributed by atoms with van der Waals surface area (Å²) in [6, 6.07) is 3.51. The largest absolute Gasteiger partial charge is 0.507 e. The standard InChI is InChI=1S/C17H26N2O2/c1-5-19(6-2)11-17(7-8-17)18-16(21)14-9-12(3)15(20)13(4)10-14/h9-10,20H,5-8,11H2,1-4H3,(H,18,21). The second-order valence-electron chi connectivity index (χ2n) is 6.15. The number of carbonyl (C=O) groups is 1. The Morgan fingerprint density at radius 2 is 1.76 bits per heavy atom. The fourth-order valence-corrected chi connectivity index (χ4v) is 2.75. The zero-order valence-corrected chi connectivity index (χ0v) is 13.5. The van der Waals surface area contributed by atoms with Crippen LogP contribution in [0.5, 0.6) is 5.75 Å². The summed E-state index contributed by atoms with van der Waals surface area (Å²) in [7, 11) is 0. The van der Waals surface area contributed by atoms with Gasteiger partial charge in [0.1, 0.15) is 5.75 Å². The minimum absolute atomic E-state index is 0.0362. The maximum absolute atomic E-state index is 12.5. The van der Waals surface area contributed by atoms with E-state index in [2.05, 4.69) is 24.1 Å². The van der Waals surface area contributed by atoms with Crippen molar-refractivity contribution in [3.8, 4) is 5.75 Å². The molecule has 2 N–H and O–H groups in total. The molecule has 1 saturated carbocycles. The zero-order chi connectivity index (χ0) is 15.6. The molecular formula is C17H26N2O2. The first kappa shape index (κ1) is 15.8. The molecule has 0 radical (unpaired) electrons. The molecule has 0 spiro atoms. The van der Waals surface area contributed by atoms with Gasteiger partial charge in [0.2, 0.25) is 0 Å². The summed E-state index contributed by atoms with van der Waals surface area (Å²) in [6.45, 7) is 10.9. The molecule has 4 heteroatoms. The van der Waals surface area contributed by atoms with Gasteiger partial charge in [-0.2, -0.15) is 0 Å². The Bertz CT molecular complexity index is 509. The van der Waals surface area contributed by atoms with Gasteiger partial charge in [-0.15, -0.1) is 0 Å². The fraction of sp³-hybridized carbons (Fsp3) is 0.588. The van der Waals surface area contributed by atoms with Gasteiger partial charge in [-0.1, -0.05) is 13.8 Å². The Kier molecular flexibility index (Phi) is 4.57. The summed E-state index contributed by atoms with van der Waals surface area (Å²) in [6.07, 6.45) is 2.09. The van der Waals surface area contributed by atoms with Crippen molar-refractivity contribution in [1.29, 1.82) is 0 Å². The molecule has 0 saturated heterocycles. The van der Waals surface area contributed by atoms with E-state index in [9.17, 15) is 9.90 Å². The molecule has 1 aliphatic rings. The molecule has 0 unspecified atom stereocenters. The van der Waals surface area contributed by atoms with E-state index in [1.54, 1.807) is 12.1 Å². The van der Waals surface area contributed by atoms with Crippen LogP contribution >= 0.6 is 0 Å². The van der Waals surface area contributed by atoms with Crippen molar-refractivity contribution in [3.63, 3.8) is 0 Å². The Labute approximate surface area is 127 Å². The quantitative estimate of drug-likeness (QED) is 0.847. The van der Waals surface area contributed by atoms with Gasteiger partial charge < -0.3 is 15.3 Å². The number of aromatic hydroxyl groups is 1. The normalized spacial score (nSPS) is 16.0. The summed E-state index contributed by atoms with van der Waals surface area (Å²) in [5.41, 5.74) is 2.07. The van der Waals surface area contributed by atoms with Crippen molar-refractivity contribution in [1.82, 2.24) is 10.2 Å². The molecule has 0 aliphatic heterocycles. The zero-order valence-electron chi connectivity index (χ0n) is 13.5. The molecule has 0 atom stereocenters. The van der Waals surface area contributed by atoms with E-state index in [4.69, 9.17) is 0 Å². The van der Waals surface area contributed by atoms with Crippen LogP contribution in [0.25, 0.3) is 0 Å².